The second-order valence-corrected chi connectivity index (χ2v) is 6.60. The Hall–Kier alpha value is -0.610. The normalized spacial score (nSPS) is 29.9. The summed E-state index contributed by atoms with van der Waals surface area (Å²) < 4.78 is 0. The molecule has 0 aromatic heterocycles. The van der Waals surface area contributed by atoms with E-state index in [1.807, 2.05) is 0 Å². The van der Waals surface area contributed by atoms with Gasteiger partial charge in [0.05, 0.1) is 11.5 Å². The van der Waals surface area contributed by atoms with Gasteiger partial charge in [0.15, 0.2) is 0 Å². The predicted molar refractivity (Wildman–Crippen MR) is 80.4 cm³/mol. The maximum atomic E-state index is 12.6. The van der Waals surface area contributed by atoms with E-state index in [9.17, 15) is 9.90 Å². The maximum absolute atomic E-state index is 12.6. The Morgan fingerprint density at radius 2 is 2.00 bits per heavy atom. The predicted octanol–water partition coefficient (Wildman–Crippen LogP) is 1.82. The van der Waals surface area contributed by atoms with Crippen LogP contribution < -0.4 is 10.6 Å². The Labute approximate surface area is 122 Å². The molecule has 1 amide bonds. The lowest BCUT2D eigenvalue weighted by molar-refractivity contribution is -0.133. The van der Waals surface area contributed by atoms with Crippen LogP contribution in [0.1, 0.15) is 58.3 Å². The van der Waals surface area contributed by atoms with Crippen LogP contribution in [0, 0.1) is 11.3 Å². The van der Waals surface area contributed by atoms with E-state index in [-0.39, 0.29) is 23.3 Å². The molecule has 0 radical (unpaired) electrons. The molecule has 0 spiro atoms. The van der Waals surface area contributed by atoms with Crippen molar-refractivity contribution in [1.29, 1.82) is 0 Å². The smallest absolute Gasteiger partial charge is 0.226 e. The monoisotopic (exact) mass is 282 g/mol. The number of hydrogen-bond acceptors (Lipinski definition) is 3. The lowest BCUT2D eigenvalue weighted by Gasteiger charge is -2.37. The minimum Gasteiger partial charge on any atom is -0.393 e. The number of aliphatic hydroxyl groups excluding tert-OH is 1. The number of nitrogens with one attached hydrogen (secondary N) is 2. The first kappa shape index (κ1) is 15.8. The number of piperidine rings is 1. The Balaban J connectivity index is 1.87. The van der Waals surface area contributed by atoms with E-state index in [1.54, 1.807) is 0 Å². The fourth-order valence-electron chi connectivity index (χ4n) is 3.81. The van der Waals surface area contributed by atoms with Crippen molar-refractivity contribution in [2.24, 2.45) is 11.3 Å². The fraction of sp³-hybridized carbons (Fsp3) is 0.938. The maximum Gasteiger partial charge on any atom is 0.226 e. The molecule has 2 unspecified atom stereocenters. The molecular formula is C16H30N2O2. The van der Waals surface area contributed by atoms with Gasteiger partial charge in [-0.1, -0.05) is 26.2 Å². The summed E-state index contributed by atoms with van der Waals surface area (Å²) in [5.74, 6) is 0.478. The minimum atomic E-state index is -0.223. The van der Waals surface area contributed by atoms with E-state index in [0.717, 1.165) is 58.0 Å². The summed E-state index contributed by atoms with van der Waals surface area (Å²) in [7, 11) is 0. The Morgan fingerprint density at radius 3 is 2.65 bits per heavy atom. The number of rotatable bonds is 5. The van der Waals surface area contributed by atoms with Gasteiger partial charge in [-0.3, -0.25) is 4.79 Å². The molecule has 1 aliphatic carbocycles. The number of carbonyl (C=O) groups excluding carboxylic acids is 1. The van der Waals surface area contributed by atoms with Crippen molar-refractivity contribution in [2.75, 3.05) is 19.6 Å². The molecule has 1 aliphatic heterocycles. The van der Waals surface area contributed by atoms with Crippen molar-refractivity contribution in [1.82, 2.24) is 10.6 Å². The van der Waals surface area contributed by atoms with E-state index < -0.39 is 0 Å². The average molecular weight is 282 g/mol. The van der Waals surface area contributed by atoms with Crippen LogP contribution in [0.15, 0.2) is 0 Å². The second-order valence-electron chi connectivity index (χ2n) is 6.60. The van der Waals surface area contributed by atoms with E-state index in [2.05, 4.69) is 17.6 Å². The van der Waals surface area contributed by atoms with Crippen LogP contribution >= 0.6 is 0 Å². The van der Waals surface area contributed by atoms with Crippen LogP contribution in [0.5, 0.6) is 0 Å². The molecule has 2 atom stereocenters. The summed E-state index contributed by atoms with van der Waals surface area (Å²) in [4.78, 5) is 12.6. The molecule has 0 aromatic carbocycles. The molecule has 2 rings (SSSR count). The molecule has 3 N–H and O–H groups in total. The van der Waals surface area contributed by atoms with Crippen LogP contribution in [0.25, 0.3) is 0 Å². The molecule has 4 nitrogen and oxygen atoms in total. The highest BCUT2D eigenvalue weighted by Crippen LogP contribution is 2.34. The number of aliphatic hydroxyl groups is 1. The first-order valence-corrected chi connectivity index (χ1v) is 8.35. The third-order valence-electron chi connectivity index (χ3n) is 5.16. The van der Waals surface area contributed by atoms with Crippen molar-refractivity contribution >= 4 is 5.91 Å². The van der Waals surface area contributed by atoms with Gasteiger partial charge in [0, 0.05) is 12.5 Å². The largest absolute Gasteiger partial charge is 0.393 e. The third-order valence-corrected chi connectivity index (χ3v) is 5.16. The quantitative estimate of drug-likeness (QED) is 0.721. The lowest BCUT2D eigenvalue weighted by atomic mass is 9.74. The Kier molecular flexibility index (Phi) is 5.85. The molecular weight excluding hydrogens is 252 g/mol. The molecule has 2 aliphatic rings. The summed E-state index contributed by atoms with van der Waals surface area (Å²) in [5, 5.41) is 16.5. The van der Waals surface area contributed by atoms with Crippen molar-refractivity contribution < 1.29 is 9.90 Å². The average Bonchev–Trinajstić information content (AvgIpc) is 2.47. The Morgan fingerprint density at radius 1 is 1.30 bits per heavy atom. The van der Waals surface area contributed by atoms with Gasteiger partial charge in [-0.15, -0.1) is 0 Å². The highest BCUT2D eigenvalue weighted by atomic mass is 16.3. The fourth-order valence-corrected chi connectivity index (χ4v) is 3.81. The van der Waals surface area contributed by atoms with E-state index in [1.165, 1.54) is 6.42 Å². The van der Waals surface area contributed by atoms with E-state index in [0.29, 0.717) is 6.54 Å². The van der Waals surface area contributed by atoms with Gasteiger partial charge in [-0.05, 0) is 45.2 Å². The van der Waals surface area contributed by atoms with Crippen LogP contribution in [0.4, 0.5) is 0 Å². The van der Waals surface area contributed by atoms with Gasteiger partial charge < -0.3 is 15.7 Å². The van der Waals surface area contributed by atoms with E-state index >= 15 is 0 Å². The van der Waals surface area contributed by atoms with Crippen LogP contribution in [0.3, 0.4) is 0 Å². The number of amides is 1. The number of hydrogen-bond donors (Lipinski definition) is 3. The molecule has 0 aromatic rings. The van der Waals surface area contributed by atoms with Crippen molar-refractivity contribution in [3.63, 3.8) is 0 Å². The molecule has 2 fully saturated rings. The van der Waals surface area contributed by atoms with E-state index in [4.69, 9.17) is 0 Å². The molecule has 1 saturated carbocycles. The summed E-state index contributed by atoms with van der Waals surface area (Å²) in [6.45, 7) is 4.69. The zero-order chi connectivity index (χ0) is 14.4. The zero-order valence-electron chi connectivity index (χ0n) is 12.8. The third kappa shape index (κ3) is 3.73. The van der Waals surface area contributed by atoms with Crippen molar-refractivity contribution in [3.8, 4) is 0 Å². The van der Waals surface area contributed by atoms with Gasteiger partial charge in [-0.25, -0.2) is 0 Å². The lowest BCUT2D eigenvalue weighted by Crippen LogP contribution is -2.49. The first-order valence-electron chi connectivity index (χ1n) is 8.35. The van der Waals surface area contributed by atoms with Gasteiger partial charge >= 0.3 is 0 Å². The Bertz CT molecular complexity index is 308. The molecule has 1 heterocycles. The molecule has 0 bridgehead atoms. The van der Waals surface area contributed by atoms with Gasteiger partial charge in [-0.2, -0.15) is 0 Å². The van der Waals surface area contributed by atoms with Crippen molar-refractivity contribution in [3.05, 3.63) is 0 Å². The topological polar surface area (TPSA) is 61.4 Å². The standard InChI is InChI=1S/C16H30N2O2/c1-2-7-16(8-10-17-11-9-16)15(20)18-12-13-5-3-4-6-14(13)19/h13-14,17,19H,2-12H2,1H3,(H,18,20). The molecule has 4 heteroatoms. The highest BCUT2D eigenvalue weighted by molar-refractivity contribution is 5.82. The summed E-state index contributed by atoms with van der Waals surface area (Å²) in [6.07, 6.45) is 7.94. The minimum absolute atomic E-state index is 0.167. The van der Waals surface area contributed by atoms with Gasteiger partial charge in [0.25, 0.3) is 0 Å². The van der Waals surface area contributed by atoms with Gasteiger partial charge in [0.1, 0.15) is 0 Å². The van der Waals surface area contributed by atoms with Gasteiger partial charge in [0.2, 0.25) is 5.91 Å². The molecule has 1 saturated heterocycles. The SMILES string of the molecule is CCCC1(C(=O)NCC2CCCCC2O)CCNCC1. The summed E-state index contributed by atoms with van der Waals surface area (Å²) in [5.41, 5.74) is -0.167. The molecule has 20 heavy (non-hydrogen) atoms. The second kappa shape index (κ2) is 7.41. The zero-order valence-corrected chi connectivity index (χ0v) is 12.8. The number of carbonyl (C=O) groups is 1. The van der Waals surface area contributed by atoms with Crippen LogP contribution in [-0.4, -0.2) is 36.8 Å². The highest BCUT2D eigenvalue weighted by Gasteiger charge is 2.38. The molecule has 116 valence electrons. The van der Waals surface area contributed by atoms with Crippen LogP contribution in [-0.2, 0) is 4.79 Å². The summed E-state index contributed by atoms with van der Waals surface area (Å²) >= 11 is 0. The van der Waals surface area contributed by atoms with Crippen molar-refractivity contribution in [2.45, 2.75) is 64.4 Å². The van der Waals surface area contributed by atoms with Crippen LogP contribution in [0.2, 0.25) is 0 Å². The summed E-state index contributed by atoms with van der Waals surface area (Å²) in [6, 6.07) is 0. The first-order chi connectivity index (χ1) is 9.68.